The van der Waals surface area contributed by atoms with Crippen LogP contribution < -0.4 is 5.32 Å². The Balaban J connectivity index is 1.16. The highest BCUT2D eigenvalue weighted by molar-refractivity contribution is 5.68. The van der Waals surface area contributed by atoms with Crippen LogP contribution in [0.15, 0.2) is 18.3 Å². The second kappa shape index (κ2) is 6.63. The van der Waals surface area contributed by atoms with Gasteiger partial charge in [0.25, 0.3) is 0 Å². The van der Waals surface area contributed by atoms with Crippen molar-refractivity contribution in [3.63, 3.8) is 0 Å². The van der Waals surface area contributed by atoms with Crippen LogP contribution >= 0.6 is 0 Å². The van der Waals surface area contributed by atoms with Gasteiger partial charge in [0.2, 0.25) is 0 Å². The van der Waals surface area contributed by atoms with E-state index in [0.29, 0.717) is 42.2 Å². The predicted molar refractivity (Wildman–Crippen MR) is 101 cm³/mol. The van der Waals surface area contributed by atoms with E-state index in [9.17, 15) is 9.90 Å². The molecule has 1 aromatic heterocycles. The van der Waals surface area contributed by atoms with Crippen LogP contribution in [-0.4, -0.2) is 51.9 Å². The lowest BCUT2D eigenvalue weighted by Gasteiger charge is -2.57. The molecule has 4 bridgehead atoms. The molecular weight excluding hydrogens is 356 g/mol. The first-order valence-electron chi connectivity index (χ1n) is 10.3. The number of aliphatic hydroxyl groups is 1. The Hall–Kier alpha value is -2.33. The van der Waals surface area contributed by atoms with Gasteiger partial charge >= 0.3 is 6.09 Å². The van der Waals surface area contributed by atoms with Crippen LogP contribution in [-0.2, 0) is 4.74 Å². The summed E-state index contributed by atoms with van der Waals surface area (Å²) < 4.78 is 5.98. The summed E-state index contributed by atoms with van der Waals surface area (Å²) in [5.41, 5.74) is 0.0263. The zero-order valence-corrected chi connectivity index (χ0v) is 15.9. The van der Waals surface area contributed by atoms with Gasteiger partial charge in [-0.05, 0) is 68.4 Å². The molecular formula is C21H26N4O3. The molecule has 4 saturated carbocycles. The quantitative estimate of drug-likeness (QED) is 0.833. The largest absolute Gasteiger partial charge is 0.446 e. The summed E-state index contributed by atoms with van der Waals surface area (Å²) in [6.07, 6.45) is 6.82. The van der Waals surface area contributed by atoms with E-state index in [1.807, 2.05) is 0 Å². The fourth-order valence-corrected chi connectivity index (χ4v) is 6.12. The van der Waals surface area contributed by atoms with E-state index in [2.05, 4.69) is 16.4 Å². The van der Waals surface area contributed by atoms with Crippen molar-refractivity contribution in [2.45, 2.75) is 56.3 Å². The molecule has 1 aliphatic heterocycles. The normalized spacial score (nSPS) is 38.3. The van der Waals surface area contributed by atoms with Crippen molar-refractivity contribution in [3.05, 3.63) is 23.9 Å². The second-order valence-electron chi connectivity index (χ2n) is 9.16. The Kier molecular flexibility index (Phi) is 4.20. The van der Waals surface area contributed by atoms with E-state index in [1.165, 1.54) is 0 Å². The Morgan fingerprint density at radius 2 is 2.11 bits per heavy atom. The number of nitrogens with one attached hydrogen (secondary N) is 1. The van der Waals surface area contributed by atoms with Gasteiger partial charge in [-0.25, -0.2) is 9.78 Å². The third-order valence-electron chi connectivity index (χ3n) is 7.08. The second-order valence-corrected chi connectivity index (χ2v) is 9.16. The van der Waals surface area contributed by atoms with Crippen LogP contribution in [0, 0.1) is 29.1 Å². The van der Waals surface area contributed by atoms with E-state index in [-0.39, 0.29) is 18.2 Å². The number of amides is 1. The lowest BCUT2D eigenvalue weighted by Crippen LogP contribution is -2.58. The maximum absolute atomic E-state index is 12.8. The first-order valence-corrected chi connectivity index (χ1v) is 10.3. The van der Waals surface area contributed by atoms with Crippen LogP contribution in [0.2, 0.25) is 0 Å². The van der Waals surface area contributed by atoms with Gasteiger partial charge in [0.1, 0.15) is 18.0 Å². The molecule has 4 aliphatic carbocycles. The zero-order valence-electron chi connectivity index (χ0n) is 15.9. The maximum atomic E-state index is 12.8. The molecule has 0 spiro atoms. The van der Waals surface area contributed by atoms with Crippen molar-refractivity contribution >= 4 is 11.9 Å². The average Bonchev–Trinajstić information content (AvgIpc) is 3.12. The third kappa shape index (κ3) is 3.20. The SMILES string of the molecule is N#Cc1ccc(NC2CCN(C(=O)OC3C4CC5C[C@@H]3CC(O)(C5)C4)C2)nc1. The lowest BCUT2D eigenvalue weighted by molar-refractivity contribution is -0.177. The summed E-state index contributed by atoms with van der Waals surface area (Å²) in [4.78, 5) is 18.8. The van der Waals surface area contributed by atoms with E-state index >= 15 is 0 Å². The monoisotopic (exact) mass is 382 g/mol. The fourth-order valence-electron chi connectivity index (χ4n) is 6.12. The van der Waals surface area contributed by atoms with Crippen molar-refractivity contribution in [3.8, 4) is 6.07 Å². The highest BCUT2D eigenvalue weighted by atomic mass is 16.6. The van der Waals surface area contributed by atoms with E-state index in [4.69, 9.17) is 10.00 Å². The molecule has 5 unspecified atom stereocenters. The van der Waals surface area contributed by atoms with Crippen LogP contribution in [0.1, 0.15) is 44.1 Å². The van der Waals surface area contributed by atoms with Gasteiger partial charge in [0.15, 0.2) is 0 Å². The molecule has 28 heavy (non-hydrogen) atoms. The third-order valence-corrected chi connectivity index (χ3v) is 7.08. The summed E-state index contributed by atoms with van der Waals surface area (Å²) in [6.45, 7) is 1.26. The highest BCUT2D eigenvalue weighted by Crippen LogP contribution is 2.56. The number of anilines is 1. The number of pyridine rings is 1. The zero-order chi connectivity index (χ0) is 19.3. The molecule has 5 fully saturated rings. The summed E-state index contributed by atoms with van der Waals surface area (Å²) in [5.74, 6) is 1.96. The van der Waals surface area contributed by atoms with Crippen LogP contribution in [0.3, 0.4) is 0 Å². The number of hydrogen-bond acceptors (Lipinski definition) is 6. The van der Waals surface area contributed by atoms with E-state index in [1.54, 1.807) is 23.2 Å². The van der Waals surface area contributed by atoms with Gasteiger partial charge in [-0.2, -0.15) is 5.26 Å². The fraction of sp³-hybridized carbons (Fsp3) is 0.667. The van der Waals surface area contributed by atoms with Gasteiger partial charge in [-0.1, -0.05) is 0 Å². The molecule has 5 aliphatic rings. The van der Waals surface area contributed by atoms with Crippen molar-refractivity contribution in [1.29, 1.82) is 5.26 Å². The Bertz CT molecular complexity index is 789. The number of nitrogens with zero attached hydrogens (tertiary/aromatic N) is 3. The minimum atomic E-state index is -0.504. The first-order chi connectivity index (χ1) is 13.5. The number of carbonyl (C=O) groups is 1. The summed E-state index contributed by atoms with van der Waals surface area (Å²) in [7, 11) is 0. The van der Waals surface area contributed by atoms with Crippen LogP contribution in [0.25, 0.3) is 0 Å². The molecule has 7 heteroatoms. The number of aromatic nitrogens is 1. The van der Waals surface area contributed by atoms with Crippen LogP contribution in [0.4, 0.5) is 10.6 Å². The van der Waals surface area contributed by atoms with Gasteiger partial charge in [0.05, 0.1) is 11.2 Å². The molecule has 1 amide bonds. The summed E-state index contributed by atoms with van der Waals surface area (Å²) >= 11 is 0. The van der Waals surface area contributed by atoms with E-state index < -0.39 is 5.60 Å². The topological polar surface area (TPSA) is 98.5 Å². The average molecular weight is 382 g/mol. The summed E-state index contributed by atoms with van der Waals surface area (Å²) in [6, 6.07) is 5.71. The molecule has 148 valence electrons. The first kappa shape index (κ1) is 17.7. The van der Waals surface area contributed by atoms with Gasteiger partial charge in [-0.3, -0.25) is 0 Å². The van der Waals surface area contributed by atoms with Crippen LogP contribution in [0.5, 0.6) is 0 Å². The number of nitriles is 1. The minimum absolute atomic E-state index is 0.0310. The van der Waals surface area contributed by atoms with Gasteiger partial charge in [0, 0.05) is 25.3 Å². The molecule has 1 aromatic rings. The van der Waals surface area contributed by atoms with Gasteiger partial charge in [-0.15, -0.1) is 0 Å². The van der Waals surface area contributed by atoms with Crippen molar-refractivity contribution < 1.29 is 14.6 Å². The summed E-state index contributed by atoms with van der Waals surface area (Å²) in [5, 5.41) is 22.9. The Morgan fingerprint density at radius 1 is 1.32 bits per heavy atom. The highest BCUT2D eigenvalue weighted by Gasteiger charge is 2.56. The molecule has 0 aromatic carbocycles. The smallest absolute Gasteiger partial charge is 0.410 e. The molecule has 2 N–H and O–H groups in total. The molecule has 6 rings (SSSR count). The molecule has 2 heterocycles. The number of hydrogen-bond donors (Lipinski definition) is 2. The Morgan fingerprint density at radius 3 is 2.75 bits per heavy atom. The van der Waals surface area contributed by atoms with Gasteiger partial charge < -0.3 is 20.1 Å². The molecule has 1 saturated heterocycles. The number of ether oxygens (including phenoxy) is 1. The molecule has 7 nitrogen and oxygen atoms in total. The number of likely N-dealkylation sites (tertiary alicyclic amines) is 1. The van der Waals surface area contributed by atoms with Crippen molar-refractivity contribution in [1.82, 2.24) is 9.88 Å². The number of rotatable bonds is 3. The van der Waals surface area contributed by atoms with Crippen molar-refractivity contribution in [2.75, 3.05) is 18.4 Å². The molecule has 0 radical (unpaired) electrons. The molecule has 6 atom stereocenters. The minimum Gasteiger partial charge on any atom is -0.446 e. The van der Waals surface area contributed by atoms with E-state index in [0.717, 1.165) is 38.5 Å². The lowest BCUT2D eigenvalue weighted by atomic mass is 9.53. The number of carbonyl (C=O) groups excluding carboxylic acids is 1. The predicted octanol–water partition coefficient (Wildman–Crippen LogP) is 2.52. The maximum Gasteiger partial charge on any atom is 0.410 e. The standard InChI is InChI=1S/C21H26N4O3/c22-10-13-1-2-18(23-11-13)24-17-3-4-25(12-17)20(26)28-19-15-5-14-6-16(19)9-21(27,7-14)8-15/h1-2,11,14-17,19,27H,3-9,12H2,(H,23,24)/t14?,15-,16?,17?,19?,21?/m1/s1. The van der Waals surface area contributed by atoms with Crippen molar-refractivity contribution in [2.24, 2.45) is 17.8 Å². The Labute approximate surface area is 164 Å².